The standard InChI is InChI=1S/C15H14ClFO/c1-2-10-6-8-11(9-7-10)15(18)12-4-3-5-13(16)14(12)17/h3-9,15,18H,2H2,1H3. The molecule has 2 rings (SSSR count). The van der Waals surface area contributed by atoms with Crippen LogP contribution in [0.1, 0.15) is 29.7 Å². The van der Waals surface area contributed by atoms with E-state index in [1.165, 1.54) is 11.6 Å². The van der Waals surface area contributed by atoms with Crippen molar-refractivity contribution in [1.82, 2.24) is 0 Å². The molecular weight excluding hydrogens is 251 g/mol. The Labute approximate surface area is 111 Å². The van der Waals surface area contributed by atoms with Crippen LogP contribution in [0.15, 0.2) is 42.5 Å². The fourth-order valence-electron chi connectivity index (χ4n) is 1.85. The molecule has 2 aromatic carbocycles. The van der Waals surface area contributed by atoms with Crippen LogP contribution in [0.5, 0.6) is 0 Å². The molecule has 94 valence electrons. The van der Waals surface area contributed by atoms with Gasteiger partial charge in [0, 0.05) is 5.56 Å². The van der Waals surface area contributed by atoms with Crippen LogP contribution in [0, 0.1) is 5.82 Å². The molecule has 2 aromatic rings. The van der Waals surface area contributed by atoms with Crippen molar-refractivity contribution in [1.29, 1.82) is 0 Å². The zero-order valence-corrected chi connectivity index (χ0v) is 10.8. The molecular formula is C15H14ClFO. The normalized spacial score (nSPS) is 12.4. The number of hydrogen-bond donors (Lipinski definition) is 1. The minimum Gasteiger partial charge on any atom is -0.384 e. The molecule has 1 atom stereocenters. The first-order valence-corrected chi connectivity index (χ1v) is 6.22. The number of aliphatic hydroxyl groups excluding tert-OH is 1. The fourth-order valence-corrected chi connectivity index (χ4v) is 2.03. The summed E-state index contributed by atoms with van der Waals surface area (Å²) in [5, 5.41) is 10.2. The average Bonchev–Trinajstić information content (AvgIpc) is 2.41. The maximum Gasteiger partial charge on any atom is 0.147 e. The second-order valence-electron chi connectivity index (χ2n) is 4.14. The van der Waals surface area contributed by atoms with Crippen LogP contribution in [0.2, 0.25) is 5.02 Å². The van der Waals surface area contributed by atoms with Gasteiger partial charge in [-0.25, -0.2) is 4.39 Å². The van der Waals surface area contributed by atoms with Gasteiger partial charge in [-0.05, 0) is 23.6 Å². The van der Waals surface area contributed by atoms with Gasteiger partial charge in [0.25, 0.3) is 0 Å². The number of hydrogen-bond acceptors (Lipinski definition) is 1. The summed E-state index contributed by atoms with van der Waals surface area (Å²) in [7, 11) is 0. The molecule has 0 aliphatic carbocycles. The number of halogens is 2. The highest BCUT2D eigenvalue weighted by molar-refractivity contribution is 6.30. The molecule has 0 radical (unpaired) electrons. The summed E-state index contributed by atoms with van der Waals surface area (Å²) >= 11 is 5.71. The van der Waals surface area contributed by atoms with E-state index < -0.39 is 11.9 Å². The molecule has 0 saturated heterocycles. The fraction of sp³-hybridized carbons (Fsp3) is 0.200. The van der Waals surface area contributed by atoms with Gasteiger partial charge in [-0.15, -0.1) is 0 Å². The lowest BCUT2D eigenvalue weighted by Crippen LogP contribution is -2.03. The summed E-state index contributed by atoms with van der Waals surface area (Å²) in [6.45, 7) is 2.06. The van der Waals surface area contributed by atoms with Gasteiger partial charge < -0.3 is 5.11 Å². The Bertz CT molecular complexity index is 537. The highest BCUT2D eigenvalue weighted by Crippen LogP contribution is 2.28. The summed E-state index contributed by atoms with van der Waals surface area (Å²) in [6.07, 6.45) is -0.0587. The highest BCUT2D eigenvalue weighted by atomic mass is 35.5. The van der Waals surface area contributed by atoms with Crippen molar-refractivity contribution in [3.8, 4) is 0 Å². The number of rotatable bonds is 3. The van der Waals surface area contributed by atoms with Crippen LogP contribution in [-0.2, 0) is 6.42 Å². The largest absolute Gasteiger partial charge is 0.384 e. The van der Waals surface area contributed by atoms with E-state index in [0.29, 0.717) is 5.56 Å². The van der Waals surface area contributed by atoms with E-state index in [1.54, 1.807) is 12.1 Å². The minimum atomic E-state index is -0.991. The van der Waals surface area contributed by atoms with E-state index in [2.05, 4.69) is 6.92 Å². The summed E-state index contributed by atoms with van der Waals surface area (Å²) in [4.78, 5) is 0. The molecule has 0 spiro atoms. The van der Waals surface area contributed by atoms with Crippen molar-refractivity contribution >= 4 is 11.6 Å². The molecule has 0 aliphatic heterocycles. The zero-order valence-electron chi connectivity index (χ0n) is 10.0. The van der Waals surface area contributed by atoms with Crippen LogP contribution in [0.3, 0.4) is 0 Å². The molecule has 1 nitrogen and oxygen atoms in total. The molecule has 3 heteroatoms. The molecule has 0 amide bonds. The molecule has 0 aromatic heterocycles. The first-order chi connectivity index (χ1) is 8.63. The van der Waals surface area contributed by atoms with Gasteiger partial charge in [0.05, 0.1) is 5.02 Å². The van der Waals surface area contributed by atoms with Gasteiger partial charge in [-0.1, -0.05) is 54.9 Å². The Balaban J connectivity index is 2.35. The van der Waals surface area contributed by atoms with Crippen LogP contribution in [0.25, 0.3) is 0 Å². The van der Waals surface area contributed by atoms with Gasteiger partial charge >= 0.3 is 0 Å². The molecule has 0 heterocycles. The summed E-state index contributed by atoms with van der Waals surface area (Å²) in [6, 6.07) is 12.1. The zero-order chi connectivity index (χ0) is 13.1. The van der Waals surface area contributed by atoms with E-state index in [4.69, 9.17) is 11.6 Å². The van der Waals surface area contributed by atoms with Gasteiger partial charge in [0.1, 0.15) is 11.9 Å². The van der Waals surface area contributed by atoms with E-state index in [0.717, 1.165) is 6.42 Å². The third-order valence-electron chi connectivity index (χ3n) is 2.98. The van der Waals surface area contributed by atoms with Crippen molar-refractivity contribution in [3.63, 3.8) is 0 Å². The molecule has 0 aliphatic rings. The maximum absolute atomic E-state index is 13.8. The quantitative estimate of drug-likeness (QED) is 0.884. The molecule has 18 heavy (non-hydrogen) atoms. The van der Waals surface area contributed by atoms with Gasteiger partial charge in [0.15, 0.2) is 0 Å². The smallest absolute Gasteiger partial charge is 0.147 e. The highest BCUT2D eigenvalue weighted by Gasteiger charge is 2.16. The average molecular weight is 265 g/mol. The van der Waals surface area contributed by atoms with Crippen molar-refractivity contribution in [2.75, 3.05) is 0 Å². The Hall–Kier alpha value is -1.38. The van der Waals surface area contributed by atoms with E-state index >= 15 is 0 Å². The number of aliphatic hydroxyl groups is 1. The van der Waals surface area contributed by atoms with E-state index in [1.807, 2.05) is 24.3 Å². The predicted molar refractivity (Wildman–Crippen MR) is 71.3 cm³/mol. The predicted octanol–water partition coefficient (Wildman–Crippen LogP) is 4.12. The molecule has 1 N–H and O–H groups in total. The molecule has 0 bridgehead atoms. The van der Waals surface area contributed by atoms with Crippen molar-refractivity contribution < 1.29 is 9.50 Å². The van der Waals surface area contributed by atoms with Gasteiger partial charge in [0.2, 0.25) is 0 Å². The first-order valence-electron chi connectivity index (χ1n) is 5.84. The van der Waals surface area contributed by atoms with Crippen LogP contribution in [0.4, 0.5) is 4.39 Å². The molecule has 0 fully saturated rings. The second kappa shape index (κ2) is 5.51. The van der Waals surface area contributed by atoms with E-state index in [9.17, 15) is 9.50 Å². The SMILES string of the molecule is CCc1ccc(C(O)c2cccc(Cl)c2F)cc1. The summed E-state index contributed by atoms with van der Waals surface area (Å²) in [5.41, 5.74) is 2.04. The Morgan fingerprint density at radius 1 is 1.17 bits per heavy atom. The van der Waals surface area contributed by atoms with Gasteiger partial charge in [-0.2, -0.15) is 0 Å². The Morgan fingerprint density at radius 3 is 2.44 bits per heavy atom. The summed E-state index contributed by atoms with van der Waals surface area (Å²) in [5.74, 6) is -0.564. The lowest BCUT2D eigenvalue weighted by atomic mass is 9.99. The number of benzene rings is 2. The second-order valence-corrected chi connectivity index (χ2v) is 4.55. The Kier molecular flexibility index (Phi) is 4.00. The number of aryl methyl sites for hydroxylation is 1. The maximum atomic E-state index is 13.8. The van der Waals surface area contributed by atoms with Crippen molar-refractivity contribution in [2.45, 2.75) is 19.4 Å². The third-order valence-corrected chi connectivity index (χ3v) is 3.27. The first kappa shape index (κ1) is 13.1. The van der Waals surface area contributed by atoms with Crippen LogP contribution >= 0.6 is 11.6 Å². The van der Waals surface area contributed by atoms with Crippen LogP contribution < -0.4 is 0 Å². The van der Waals surface area contributed by atoms with Crippen LogP contribution in [-0.4, -0.2) is 5.11 Å². The lowest BCUT2D eigenvalue weighted by Gasteiger charge is -2.13. The molecule has 0 saturated carbocycles. The monoisotopic (exact) mass is 264 g/mol. The topological polar surface area (TPSA) is 20.2 Å². The molecule has 1 unspecified atom stereocenters. The van der Waals surface area contributed by atoms with E-state index in [-0.39, 0.29) is 10.6 Å². The van der Waals surface area contributed by atoms with Gasteiger partial charge in [-0.3, -0.25) is 0 Å². The third kappa shape index (κ3) is 2.55. The minimum absolute atomic E-state index is 0.0247. The Morgan fingerprint density at radius 2 is 1.83 bits per heavy atom. The van der Waals surface area contributed by atoms with Crippen molar-refractivity contribution in [3.05, 3.63) is 70.0 Å². The lowest BCUT2D eigenvalue weighted by molar-refractivity contribution is 0.215. The van der Waals surface area contributed by atoms with Crippen molar-refractivity contribution in [2.24, 2.45) is 0 Å². The summed E-state index contributed by atoms with van der Waals surface area (Å²) < 4.78 is 13.8.